The van der Waals surface area contributed by atoms with Crippen LogP contribution in [-0.2, 0) is 9.47 Å². The van der Waals surface area contributed by atoms with Crippen LogP contribution in [0.3, 0.4) is 0 Å². The van der Waals surface area contributed by atoms with E-state index >= 15 is 0 Å². The highest BCUT2D eigenvalue weighted by molar-refractivity contribution is 6.14. The summed E-state index contributed by atoms with van der Waals surface area (Å²) in [6.07, 6.45) is 1.73. The fraction of sp³-hybridized carbons (Fsp3) is 0.286. The van der Waals surface area contributed by atoms with Gasteiger partial charge in [0.1, 0.15) is 6.10 Å². The van der Waals surface area contributed by atoms with Crippen molar-refractivity contribution in [2.75, 3.05) is 0 Å². The van der Waals surface area contributed by atoms with Crippen molar-refractivity contribution in [3.8, 4) is 11.1 Å². The summed E-state index contributed by atoms with van der Waals surface area (Å²) >= 11 is 0. The minimum atomic E-state index is -1.29. The van der Waals surface area contributed by atoms with Crippen LogP contribution in [0.2, 0.25) is 0 Å². The Labute approximate surface area is 240 Å². The van der Waals surface area contributed by atoms with E-state index in [9.17, 15) is 19.5 Å². The van der Waals surface area contributed by atoms with Gasteiger partial charge in [-0.2, -0.15) is 0 Å². The fourth-order valence-corrected chi connectivity index (χ4v) is 5.29. The van der Waals surface area contributed by atoms with Gasteiger partial charge in [0, 0.05) is 5.56 Å². The fourth-order valence-electron chi connectivity index (χ4n) is 5.29. The molecule has 0 aliphatic carbocycles. The maximum Gasteiger partial charge on any atom is 0.339 e. The first-order valence-electron chi connectivity index (χ1n) is 14.1. The van der Waals surface area contributed by atoms with E-state index in [4.69, 9.17) is 9.47 Å². The van der Waals surface area contributed by atoms with Gasteiger partial charge in [-0.15, -0.1) is 0 Å². The molecule has 212 valence electrons. The minimum absolute atomic E-state index is 0.0590. The summed E-state index contributed by atoms with van der Waals surface area (Å²) in [5.74, 6) is -2.18. The number of carbonyl (C=O) groups excluding carboxylic acids is 2. The zero-order valence-electron chi connectivity index (χ0n) is 23.9. The maximum absolute atomic E-state index is 13.6. The van der Waals surface area contributed by atoms with Crippen LogP contribution < -0.4 is 0 Å². The summed E-state index contributed by atoms with van der Waals surface area (Å²) in [5, 5.41) is 11.9. The SMILES string of the molecule is CCC(CC)C[C@@H](C)OC(=O)c1cccc(-c2c(C(=O)O[C@H](C)c3ccccc3)ccc3ccccc23)c1C(=O)O. The molecule has 41 heavy (non-hydrogen) atoms. The molecule has 4 aromatic carbocycles. The highest BCUT2D eigenvalue weighted by Gasteiger charge is 2.28. The molecule has 0 bridgehead atoms. The number of aromatic carboxylic acids is 1. The van der Waals surface area contributed by atoms with Crippen LogP contribution in [0.4, 0.5) is 0 Å². The first-order valence-corrected chi connectivity index (χ1v) is 14.1. The van der Waals surface area contributed by atoms with Gasteiger partial charge in [0.2, 0.25) is 0 Å². The Bertz CT molecular complexity index is 1540. The predicted octanol–water partition coefficient (Wildman–Crippen LogP) is 8.49. The van der Waals surface area contributed by atoms with Gasteiger partial charge >= 0.3 is 17.9 Å². The smallest absolute Gasteiger partial charge is 0.339 e. The molecule has 0 aliphatic rings. The first-order chi connectivity index (χ1) is 19.7. The number of carbonyl (C=O) groups is 3. The van der Waals surface area contributed by atoms with Crippen LogP contribution in [0, 0.1) is 5.92 Å². The Hall–Kier alpha value is -4.45. The minimum Gasteiger partial charge on any atom is -0.478 e. The van der Waals surface area contributed by atoms with Gasteiger partial charge in [-0.1, -0.05) is 99.5 Å². The molecule has 2 atom stereocenters. The molecule has 0 aromatic heterocycles. The Morgan fingerprint density at radius 2 is 1.39 bits per heavy atom. The molecule has 0 unspecified atom stereocenters. The molecule has 6 nitrogen and oxygen atoms in total. The van der Waals surface area contributed by atoms with Crippen molar-refractivity contribution in [2.45, 2.75) is 59.2 Å². The van der Waals surface area contributed by atoms with Crippen molar-refractivity contribution in [3.05, 3.63) is 107 Å². The van der Waals surface area contributed by atoms with Crippen LogP contribution in [0.1, 0.15) is 89.7 Å². The van der Waals surface area contributed by atoms with E-state index in [2.05, 4.69) is 13.8 Å². The van der Waals surface area contributed by atoms with Crippen LogP contribution in [0.5, 0.6) is 0 Å². The molecule has 1 N–H and O–H groups in total. The van der Waals surface area contributed by atoms with Crippen LogP contribution >= 0.6 is 0 Å². The van der Waals surface area contributed by atoms with Crippen molar-refractivity contribution in [2.24, 2.45) is 5.92 Å². The van der Waals surface area contributed by atoms with Gasteiger partial charge in [-0.05, 0) is 60.2 Å². The van der Waals surface area contributed by atoms with E-state index in [1.54, 1.807) is 31.2 Å². The normalized spacial score (nSPS) is 12.6. The van der Waals surface area contributed by atoms with Gasteiger partial charge < -0.3 is 14.6 Å². The zero-order chi connectivity index (χ0) is 29.5. The van der Waals surface area contributed by atoms with Gasteiger partial charge in [0.15, 0.2) is 0 Å². The first kappa shape index (κ1) is 29.5. The van der Waals surface area contributed by atoms with E-state index < -0.39 is 24.0 Å². The van der Waals surface area contributed by atoms with Crippen molar-refractivity contribution in [3.63, 3.8) is 0 Å². The number of benzene rings is 4. The molecule has 0 fully saturated rings. The number of carboxylic acids is 1. The zero-order valence-corrected chi connectivity index (χ0v) is 23.9. The van der Waals surface area contributed by atoms with Crippen molar-refractivity contribution in [1.82, 2.24) is 0 Å². The molecule has 6 heteroatoms. The van der Waals surface area contributed by atoms with Gasteiger partial charge in [0.25, 0.3) is 0 Å². The van der Waals surface area contributed by atoms with E-state index in [-0.39, 0.29) is 28.4 Å². The van der Waals surface area contributed by atoms with Gasteiger partial charge in [0.05, 0.1) is 22.8 Å². The van der Waals surface area contributed by atoms with E-state index in [0.717, 1.165) is 23.8 Å². The quantitative estimate of drug-likeness (QED) is 0.188. The van der Waals surface area contributed by atoms with Crippen molar-refractivity contribution >= 4 is 28.7 Å². The predicted molar refractivity (Wildman–Crippen MR) is 160 cm³/mol. The largest absolute Gasteiger partial charge is 0.478 e. The number of esters is 2. The molecule has 0 saturated heterocycles. The summed E-state index contributed by atoms with van der Waals surface area (Å²) in [6.45, 7) is 7.81. The third-order valence-electron chi connectivity index (χ3n) is 7.60. The van der Waals surface area contributed by atoms with Crippen LogP contribution in [-0.4, -0.2) is 29.1 Å². The lowest BCUT2D eigenvalue weighted by molar-refractivity contribution is 0.0279. The second-order valence-electron chi connectivity index (χ2n) is 10.3. The average Bonchev–Trinajstić information content (AvgIpc) is 2.99. The number of fused-ring (bicyclic) bond motifs is 1. The third kappa shape index (κ3) is 6.65. The summed E-state index contributed by atoms with van der Waals surface area (Å²) in [6, 6.07) is 24.9. The Morgan fingerprint density at radius 3 is 2.07 bits per heavy atom. The number of hydrogen-bond donors (Lipinski definition) is 1. The summed E-state index contributed by atoms with van der Waals surface area (Å²) in [4.78, 5) is 39.7. The number of hydrogen-bond acceptors (Lipinski definition) is 5. The standard InChI is InChI=1S/C35H36O6/c1-5-24(6-2)21-22(3)40-34(38)29-18-12-17-28(32(29)33(36)37)31-27-16-11-10-15-26(27)19-20-30(31)35(39)41-23(4)25-13-8-7-9-14-25/h7-20,22-24H,5-6,21H2,1-4H3,(H,36,37)/t22-,23-/m1/s1. The molecule has 4 aromatic rings. The average molecular weight is 553 g/mol. The number of ether oxygens (including phenoxy) is 2. The molecular formula is C35H36O6. The van der Waals surface area contributed by atoms with E-state index in [1.165, 1.54) is 6.07 Å². The lowest BCUT2D eigenvalue weighted by Gasteiger charge is -2.21. The molecule has 0 aliphatic heterocycles. The Morgan fingerprint density at radius 1 is 0.732 bits per heavy atom. The van der Waals surface area contributed by atoms with Gasteiger partial charge in [-0.3, -0.25) is 0 Å². The lowest BCUT2D eigenvalue weighted by Crippen LogP contribution is -2.21. The number of carboxylic acid groups (broad SMARTS) is 1. The molecule has 0 heterocycles. The number of rotatable bonds is 11. The summed E-state index contributed by atoms with van der Waals surface area (Å²) < 4.78 is 11.6. The highest BCUT2D eigenvalue weighted by atomic mass is 16.5. The summed E-state index contributed by atoms with van der Waals surface area (Å²) in [5.41, 5.74) is 1.41. The topological polar surface area (TPSA) is 89.9 Å². The van der Waals surface area contributed by atoms with Crippen LogP contribution in [0.25, 0.3) is 21.9 Å². The molecule has 0 saturated carbocycles. The highest BCUT2D eigenvalue weighted by Crippen LogP contribution is 2.37. The molecule has 0 spiro atoms. The molecular weight excluding hydrogens is 516 g/mol. The van der Waals surface area contributed by atoms with Gasteiger partial charge in [-0.25, -0.2) is 14.4 Å². The monoisotopic (exact) mass is 552 g/mol. The lowest BCUT2D eigenvalue weighted by atomic mass is 9.88. The van der Waals surface area contributed by atoms with Crippen molar-refractivity contribution in [1.29, 1.82) is 0 Å². The maximum atomic E-state index is 13.6. The van der Waals surface area contributed by atoms with E-state index in [1.807, 2.05) is 61.5 Å². The summed E-state index contributed by atoms with van der Waals surface area (Å²) in [7, 11) is 0. The Balaban J connectivity index is 1.81. The molecule has 0 amide bonds. The molecule has 4 rings (SSSR count). The van der Waals surface area contributed by atoms with Crippen molar-refractivity contribution < 1.29 is 29.0 Å². The van der Waals surface area contributed by atoms with Crippen LogP contribution in [0.15, 0.2) is 84.9 Å². The van der Waals surface area contributed by atoms with E-state index in [0.29, 0.717) is 23.3 Å². The second kappa shape index (κ2) is 13.3. The Kier molecular flexibility index (Phi) is 9.56. The second-order valence-corrected chi connectivity index (χ2v) is 10.3. The third-order valence-corrected chi connectivity index (χ3v) is 7.60. The molecule has 0 radical (unpaired) electrons.